The molecule has 0 aromatic carbocycles. The lowest BCUT2D eigenvalue weighted by Gasteiger charge is -2.20. The molecule has 0 N–H and O–H groups in total. The molecule has 7 heteroatoms. The maximum absolute atomic E-state index is 11.7. The number of fused-ring (bicyclic) bond motifs is 1. The van der Waals surface area contributed by atoms with Gasteiger partial charge >= 0.3 is 5.97 Å². The highest BCUT2D eigenvalue weighted by molar-refractivity contribution is 5.90. The van der Waals surface area contributed by atoms with Crippen molar-refractivity contribution in [3.05, 3.63) is 36.2 Å². The van der Waals surface area contributed by atoms with Crippen molar-refractivity contribution in [3.63, 3.8) is 0 Å². The molecule has 0 spiro atoms. The largest absolute Gasteiger partial charge is 0.465 e. The van der Waals surface area contributed by atoms with Gasteiger partial charge in [-0.05, 0) is 37.0 Å². The van der Waals surface area contributed by atoms with Gasteiger partial charge in [-0.1, -0.05) is 19.3 Å². The molecule has 134 valence electrons. The van der Waals surface area contributed by atoms with E-state index in [4.69, 9.17) is 4.74 Å². The number of nitrogens with zero attached hydrogens (tertiary/aromatic N) is 5. The minimum Gasteiger partial charge on any atom is -0.465 e. The molecule has 0 aliphatic heterocycles. The summed E-state index contributed by atoms with van der Waals surface area (Å²) in [4.78, 5) is 22.2. The molecule has 0 radical (unpaired) electrons. The molecular formula is C19H21N5O2. The topological polar surface area (TPSA) is 82.8 Å². The van der Waals surface area contributed by atoms with E-state index in [9.17, 15) is 4.79 Å². The van der Waals surface area contributed by atoms with Crippen LogP contribution in [0.2, 0.25) is 0 Å². The number of ether oxygens (including phenoxy) is 1. The molecule has 0 bridgehead atoms. The van der Waals surface area contributed by atoms with Crippen LogP contribution in [-0.2, 0) is 11.3 Å². The molecule has 7 nitrogen and oxygen atoms in total. The Balaban J connectivity index is 1.60. The smallest absolute Gasteiger partial charge is 0.337 e. The van der Waals surface area contributed by atoms with Crippen molar-refractivity contribution in [2.24, 2.45) is 5.92 Å². The standard InChI is InChI=1S/C19H21N5O2/c1-26-19(25)14-7-8-20-15(9-14)16-10-17-18(11-21-16)23-24(22-17)12-13-5-3-2-4-6-13/h7-11,13H,2-6,12H2,1H3. The molecule has 1 saturated carbocycles. The lowest BCUT2D eigenvalue weighted by Crippen LogP contribution is -2.15. The number of methoxy groups -OCH3 is 1. The Labute approximate surface area is 151 Å². The maximum atomic E-state index is 11.7. The second-order valence-electron chi connectivity index (χ2n) is 6.74. The number of pyridine rings is 2. The average Bonchev–Trinajstić information content (AvgIpc) is 3.09. The van der Waals surface area contributed by atoms with E-state index in [1.54, 1.807) is 29.3 Å². The molecule has 3 aromatic rings. The Bertz CT molecular complexity index is 931. The van der Waals surface area contributed by atoms with Gasteiger partial charge in [0.15, 0.2) is 0 Å². The van der Waals surface area contributed by atoms with E-state index in [0.717, 1.165) is 17.6 Å². The number of rotatable bonds is 4. The third kappa shape index (κ3) is 3.42. The molecule has 1 aliphatic carbocycles. The molecule has 3 heterocycles. The molecule has 26 heavy (non-hydrogen) atoms. The van der Waals surface area contributed by atoms with Gasteiger partial charge in [0.05, 0.1) is 36.8 Å². The van der Waals surface area contributed by atoms with E-state index in [0.29, 0.717) is 22.9 Å². The van der Waals surface area contributed by atoms with Gasteiger partial charge < -0.3 is 4.74 Å². The Morgan fingerprint density at radius 2 is 1.88 bits per heavy atom. The zero-order chi connectivity index (χ0) is 17.9. The Morgan fingerprint density at radius 3 is 2.69 bits per heavy atom. The average molecular weight is 351 g/mol. The first-order valence-corrected chi connectivity index (χ1v) is 8.98. The normalized spacial score (nSPS) is 15.3. The van der Waals surface area contributed by atoms with Crippen LogP contribution < -0.4 is 0 Å². The quantitative estimate of drug-likeness (QED) is 0.671. The summed E-state index contributed by atoms with van der Waals surface area (Å²) in [5.41, 5.74) is 3.27. The van der Waals surface area contributed by atoms with E-state index in [1.807, 2.05) is 6.07 Å². The van der Waals surface area contributed by atoms with Crippen LogP contribution in [-0.4, -0.2) is 38.0 Å². The zero-order valence-electron chi connectivity index (χ0n) is 14.8. The van der Waals surface area contributed by atoms with Gasteiger partial charge in [-0.25, -0.2) is 4.79 Å². The van der Waals surface area contributed by atoms with Crippen LogP contribution in [0.3, 0.4) is 0 Å². The molecule has 0 amide bonds. The fourth-order valence-corrected chi connectivity index (χ4v) is 3.50. The number of hydrogen-bond acceptors (Lipinski definition) is 6. The molecular weight excluding hydrogens is 330 g/mol. The fraction of sp³-hybridized carbons (Fsp3) is 0.421. The maximum Gasteiger partial charge on any atom is 0.337 e. The number of esters is 1. The van der Waals surface area contributed by atoms with E-state index in [-0.39, 0.29) is 0 Å². The van der Waals surface area contributed by atoms with Crippen LogP contribution in [0.25, 0.3) is 22.4 Å². The first kappa shape index (κ1) is 16.6. The summed E-state index contributed by atoms with van der Waals surface area (Å²) in [6.07, 6.45) is 9.75. The van der Waals surface area contributed by atoms with Crippen LogP contribution in [0.5, 0.6) is 0 Å². The highest BCUT2D eigenvalue weighted by Gasteiger charge is 2.16. The van der Waals surface area contributed by atoms with Crippen LogP contribution in [0.4, 0.5) is 0 Å². The van der Waals surface area contributed by atoms with Crippen LogP contribution in [0.15, 0.2) is 30.6 Å². The Kier molecular flexibility index (Phi) is 4.60. The summed E-state index contributed by atoms with van der Waals surface area (Å²) in [5, 5.41) is 9.16. The van der Waals surface area contributed by atoms with E-state index in [2.05, 4.69) is 20.2 Å². The Morgan fingerprint density at radius 1 is 1.12 bits per heavy atom. The van der Waals surface area contributed by atoms with E-state index < -0.39 is 5.97 Å². The van der Waals surface area contributed by atoms with Crippen molar-refractivity contribution >= 4 is 17.0 Å². The first-order chi connectivity index (χ1) is 12.7. The summed E-state index contributed by atoms with van der Waals surface area (Å²) >= 11 is 0. The molecule has 4 rings (SSSR count). The van der Waals surface area contributed by atoms with Crippen molar-refractivity contribution in [1.82, 2.24) is 25.0 Å². The predicted molar refractivity (Wildman–Crippen MR) is 96.5 cm³/mol. The summed E-state index contributed by atoms with van der Waals surface area (Å²) in [7, 11) is 1.36. The highest BCUT2D eigenvalue weighted by Crippen LogP contribution is 2.25. The summed E-state index contributed by atoms with van der Waals surface area (Å²) in [6, 6.07) is 5.16. The monoisotopic (exact) mass is 351 g/mol. The summed E-state index contributed by atoms with van der Waals surface area (Å²) in [6.45, 7) is 0.861. The van der Waals surface area contributed by atoms with Crippen molar-refractivity contribution in [1.29, 1.82) is 0 Å². The predicted octanol–water partition coefficient (Wildman–Crippen LogP) is 3.26. The number of carbonyl (C=O) groups excluding carboxylic acids is 1. The van der Waals surface area contributed by atoms with Gasteiger partial charge in [0.25, 0.3) is 0 Å². The molecule has 0 saturated heterocycles. The number of carbonyl (C=O) groups is 1. The van der Waals surface area contributed by atoms with Gasteiger partial charge in [0.1, 0.15) is 11.0 Å². The van der Waals surface area contributed by atoms with Crippen LogP contribution in [0.1, 0.15) is 42.5 Å². The zero-order valence-corrected chi connectivity index (χ0v) is 14.8. The van der Waals surface area contributed by atoms with Gasteiger partial charge in [0, 0.05) is 6.20 Å². The molecule has 1 fully saturated rings. The molecule has 0 atom stereocenters. The van der Waals surface area contributed by atoms with Crippen LogP contribution in [0, 0.1) is 5.92 Å². The van der Waals surface area contributed by atoms with Crippen molar-refractivity contribution in [3.8, 4) is 11.4 Å². The third-order valence-corrected chi connectivity index (χ3v) is 4.90. The van der Waals surface area contributed by atoms with Crippen molar-refractivity contribution in [2.75, 3.05) is 7.11 Å². The van der Waals surface area contributed by atoms with Gasteiger partial charge in [0.2, 0.25) is 0 Å². The van der Waals surface area contributed by atoms with E-state index in [1.165, 1.54) is 39.2 Å². The first-order valence-electron chi connectivity index (χ1n) is 8.98. The molecule has 3 aromatic heterocycles. The SMILES string of the molecule is COC(=O)c1ccnc(-c2cc3nn(CC4CCCCC4)nc3cn2)c1. The minimum atomic E-state index is -0.395. The van der Waals surface area contributed by atoms with Gasteiger partial charge in [-0.15, -0.1) is 0 Å². The summed E-state index contributed by atoms with van der Waals surface area (Å²) in [5.74, 6) is 0.268. The minimum absolute atomic E-state index is 0.395. The number of hydrogen-bond donors (Lipinski definition) is 0. The van der Waals surface area contributed by atoms with Gasteiger partial charge in [-0.2, -0.15) is 15.0 Å². The van der Waals surface area contributed by atoms with Crippen molar-refractivity contribution < 1.29 is 9.53 Å². The van der Waals surface area contributed by atoms with E-state index >= 15 is 0 Å². The Hall–Kier alpha value is -2.83. The third-order valence-electron chi connectivity index (χ3n) is 4.90. The second kappa shape index (κ2) is 7.19. The second-order valence-corrected chi connectivity index (χ2v) is 6.74. The molecule has 1 aliphatic rings. The van der Waals surface area contributed by atoms with Gasteiger partial charge in [-0.3, -0.25) is 9.97 Å². The highest BCUT2D eigenvalue weighted by atomic mass is 16.5. The van der Waals surface area contributed by atoms with Crippen molar-refractivity contribution in [2.45, 2.75) is 38.6 Å². The lowest BCUT2D eigenvalue weighted by atomic mass is 9.89. The molecule has 0 unspecified atom stereocenters. The van der Waals surface area contributed by atoms with Crippen LogP contribution >= 0.6 is 0 Å². The lowest BCUT2D eigenvalue weighted by molar-refractivity contribution is 0.0600. The summed E-state index contributed by atoms with van der Waals surface area (Å²) < 4.78 is 4.76. The number of aromatic nitrogens is 5. The fourth-order valence-electron chi connectivity index (χ4n) is 3.50.